The third-order valence-corrected chi connectivity index (χ3v) is 4.09. The standard InChI is InChI=1S/C13H11ClN4OS/c1-6-13(20-7(2)15-6)16-12(19)11-9-5-8(14)3-4-10(9)17-18-11/h3-5H,1-2H3,(H,16,19)(H,17,18). The van der Waals surface area contributed by atoms with E-state index in [0.717, 1.165) is 21.2 Å². The molecule has 0 unspecified atom stereocenters. The summed E-state index contributed by atoms with van der Waals surface area (Å²) in [6.07, 6.45) is 0. The van der Waals surface area contributed by atoms with E-state index in [9.17, 15) is 4.79 Å². The Morgan fingerprint density at radius 3 is 2.90 bits per heavy atom. The smallest absolute Gasteiger partial charge is 0.277 e. The van der Waals surface area contributed by atoms with E-state index in [-0.39, 0.29) is 5.91 Å². The molecule has 3 rings (SSSR count). The number of anilines is 1. The third-order valence-electron chi connectivity index (χ3n) is 2.87. The molecule has 0 radical (unpaired) electrons. The lowest BCUT2D eigenvalue weighted by molar-refractivity contribution is 0.102. The van der Waals surface area contributed by atoms with E-state index >= 15 is 0 Å². The maximum absolute atomic E-state index is 12.3. The SMILES string of the molecule is Cc1nc(C)c(NC(=O)c2n[nH]c3ccc(Cl)cc23)s1. The number of rotatable bonds is 2. The zero-order chi connectivity index (χ0) is 14.3. The van der Waals surface area contributed by atoms with Gasteiger partial charge in [0, 0.05) is 10.4 Å². The van der Waals surface area contributed by atoms with E-state index in [0.29, 0.717) is 16.1 Å². The zero-order valence-corrected chi connectivity index (χ0v) is 12.4. The summed E-state index contributed by atoms with van der Waals surface area (Å²) in [7, 11) is 0. The van der Waals surface area contributed by atoms with Crippen LogP contribution in [0.4, 0.5) is 5.00 Å². The van der Waals surface area contributed by atoms with Crippen molar-refractivity contribution in [1.82, 2.24) is 15.2 Å². The highest BCUT2D eigenvalue weighted by Gasteiger charge is 2.16. The number of hydrogen-bond acceptors (Lipinski definition) is 4. The number of carbonyl (C=O) groups excluding carboxylic acids is 1. The van der Waals surface area contributed by atoms with Crippen LogP contribution in [0, 0.1) is 13.8 Å². The van der Waals surface area contributed by atoms with Gasteiger partial charge in [0.1, 0.15) is 5.00 Å². The molecular formula is C13H11ClN4OS. The molecule has 1 aromatic carbocycles. The van der Waals surface area contributed by atoms with Gasteiger partial charge in [-0.05, 0) is 32.0 Å². The fourth-order valence-corrected chi connectivity index (χ4v) is 2.96. The molecule has 3 aromatic rings. The van der Waals surface area contributed by atoms with Gasteiger partial charge in [0.25, 0.3) is 5.91 Å². The van der Waals surface area contributed by atoms with Crippen LogP contribution in [-0.2, 0) is 0 Å². The number of H-pyrrole nitrogens is 1. The maximum Gasteiger partial charge on any atom is 0.277 e. The summed E-state index contributed by atoms with van der Waals surface area (Å²) in [6.45, 7) is 3.76. The van der Waals surface area contributed by atoms with Gasteiger partial charge < -0.3 is 5.32 Å². The number of hydrogen-bond donors (Lipinski definition) is 2. The molecule has 2 aromatic heterocycles. The molecule has 2 heterocycles. The molecule has 0 fully saturated rings. The number of amides is 1. The van der Waals surface area contributed by atoms with Crippen LogP contribution >= 0.6 is 22.9 Å². The van der Waals surface area contributed by atoms with Gasteiger partial charge in [-0.2, -0.15) is 5.10 Å². The molecule has 0 aliphatic carbocycles. The molecule has 102 valence electrons. The third kappa shape index (κ3) is 2.28. The van der Waals surface area contributed by atoms with Crippen LogP contribution < -0.4 is 5.32 Å². The minimum absolute atomic E-state index is 0.273. The van der Waals surface area contributed by atoms with Crippen molar-refractivity contribution in [2.45, 2.75) is 13.8 Å². The van der Waals surface area contributed by atoms with Crippen LogP contribution in [0.25, 0.3) is 10.9 Å². The quantitative estimate of drug-likeness (QED) is 0.760. The molecule has 5 nitrogen and oxygen atoms in total. The molecule has 1 amide bonds. The van der Waals surface area contributed by atoms with Crippen LogP contribution in [0.1, 0.15) is 21.2 Å². The summed E-state index contributed by atoms with van der Waals surface area (Å²) in [5, 5.41) is 12.6. The fourth-order valence-electron chi connectivity index (χ4n) is 1.97. The van der Waals surface area contributed by atoms with Crippen molar-refractivity contribution in [3.63, 3.8) is 0 Å². The van der Waals surface area contributed by atoms with Crippen LogP contribution in [0.5, 0.6) is 0 Å². The molecule has 2 N–H and O–H groups in total. The van der Waals surface area contributed by atoms with Gasteiger partial charge in [0.15, 0.2) is 5.69 Å². The van der Waals surface area contributed by atoms with Crippen molar-refractivity contribution >= 4 is 44.7 Å². The summed E-state index contributed by atoms with van der Waals surface area (Å²) in [6, 6.07) is 5.27. The average Bonchev–Trinajstić information content (AvgIpc) is 2.93. The molecule has 0 saturated carbocycles. The number of aromatic nitrogens is 3. The number of carbonyl (C=O) groups is 1. The Hall–Kier alpha value is -1.92. The van der Waals surface area contributed by atoms with Gasteiger partial charge in [0.2, 0.25) is 0 Å². The lowest BCUT2D eigenvalue weighted by atomic mass is 10.2. The van der Waals surface area contributed by atoms with Crippen LogP contribution in [-0.4, -0.2) is 21.1 Å². The number of nitrogens with zero attached hydrogens (tertiary/aromatic N) is 2. The summed E-state index contributed by atoms with van der Waals surface area (Å²) in [5.41, 5.74) is 1.91. The number of fused-ring (bicyclic) bond motifs is 1. The van der Waals surface area contributed by atoms with Crippen LogP contribution in [0.3, 0.4) is 0 Å². The van der Waals surface area contributed by atoms with Crippen molar-refractivity contribution in [3.05, 3.63) is 39.6 Å². The van der Waals surface area contributed by atoms with Crippen molar-refractivity contribution in [2.75, 3.05) is 5.32 Å². The van der Waals surface area contributed by atoms with Crippen LogP contribution in [0.2, 0.25) is 5.02 Å². The maximum atomic E-state index is 12.3. The Balaban J connectivity index is 1.96. The predicted octanol–water partition coefficient (Wildman–Crippen LogP) is 3.54. The Kier molecular flexibility index (Phi) is 3.19. The van der Waals surface area contributed by atoms with E-state index < -0.39 is 0 Å². The Morgan fingerprint density at radius 2 is 2.20 bits per heavy atom. The predicted molar refractivity (Wildman–Crippen MR) is 80.6 cm³/mol. The topological polar surface area (TPSA) is 70.7 Å². The van der Waals surface area contributed by atoms with E-state index in [1.165, 1.54) is 11.3 Å². The molecule has 0 spiro atoms. The zero-order valence-electron chi connectivity index (χ0n) is 10.8. The second kappa shape index (κ2) is 4.88. The number of thiazole rings is 1. The first kappa shape index (κ1) is 13.1. The first-order valence-electron chi connectivity index (χ1n) is 5.93. The van der Waals surface area contributed by atoms with E-state index in [1.54, 1.807) is 18.2 Å². The lowest BCUT2D eigenvalue weighted by Gasteiger charge is -2.01. The Labute approximate surface area is 124 Å². The molecule has 7 heteroatoms. The van der Waals surface area contributed by atoms with Gasteiger partial charge in [0.05, 0.1) is 16.2 Å². The van der Waals surface area contributed by atoms with Crippen LogP contribution in [0.15, 0.2) is 18.2 Å². The second-order valence-corrected chi connectivity index (χ2v) is 6.00. The first-order chi connectivity index (χ1) is 9.54. The van der Waals surface area contributed by atoms with Gasteiger partial charge in [-0.15, -0.1) is 11.3 Å². The molecule has 0 aliphatic heterocycles. The average molecular weight is 307 g/mol. The van der Waals surface area contributed by atoms with Gasteiger partial charge in [-0.25, -0.2) is 4.98 Å². The molecule has 20 heavy (non-hydrogen) atoms. The largest absolute Gasteiger partial charge is 0.311 e. The molecular weight excluding hydrogens is 296 g/mol. The number of nitrogens with one attached hydrogen (secondary N) is 2. The number of aromatic amines is 1. The number of aryl methyl sites for hydroxylation is 2. The molecule has 0 aliphatic rings. The Bertz CT molecular complexity index is 808. The summed E-state index contributed by atoms with van der Waals surface area (Å²) in [4.78, 5) is 16.6. The van der Waals surface area contributed by atoms with E-state index in [1.807, 2.05) is 13.8 Å². The van der Waals surface area contributed by atoms with Crippen molar-refractivity contribution in [2.24, 2.45) is 0 Å². The highest BCUT2D eigenvalue weighted by molar-refractivity contribution is 7.16. The lowest BCUT2D eigenvalue weighted by Crippen LogP contribution is -2.12. The van der Waals surface area contributed by atoms with Gasteiger partial charge in [-0.3, -0.25) is 9.89 Å². The van der Waals surface area contributed by atoms with E-state index in [4.69, 9.17) is 11.6 Å². The van der Waals surface area contributed by atoms with Crippen molar-refractivity contribution in [3.8, 4) is 0 Å². The van der Waals surface area contributed by atoms with Crippen molar-refractivity contribution in [1.29, 1.82) is 0 Å². The highest BCUT2D eigenvalue weighted by Crippen LogP contribution is 2.25. The Morgan fingerprint density at radius 1 is 1.40 bits per heavy atom. The number of benzene rings is 1. The van der Waals surface area contributed by atoms with Crippen molar-refractivity contribution < 1.29 is 4.79 Å². The monoisotopic (exact) mass is 306 g/mol. The summed E-state index contributed by atoms with van der Waals surface area (Å²) in [5.74, 6) is -0.273. The van der Waals surface area contributed by atoms with E-state index in [2.05, 4.69) is 20.5 Å². The minimum Gasteiger partial charge on any atom is -0.311 e. The van der Waals surface area contributed by atoms with Gasteiger partial charge in [-0.1, -0.05) is 11.6 Å². The minimum atomic E-state index is -0.273. The molecule has 0 saturated heterocycles. The highest BCUT2D eigenvalue weighted by atomic mass is 35.5. The normalized spacial score (nSPS) is 10.9. The molecule has 0 atom stereocenters. The number of halogens is 1. The molecule has 0 bridgehead atoms. The summed E-state index contributed by atoms with van der Waals surface area (Å²) >= 11 is 7.40. The summed E-state index contributed by atoms with van der Waals surface area (Å²) < 4.78 is 0. The van der Waals surface area contributed by atoms with Gasteiger partial charge >= 0.3 is 0 Å². The first-order valence-corrected chi connectivity index (χ1v) is 7.13. The fraction of sp³-hybridized carbons (Fsp3) is 0.154. The second-order valence-electron chi connectivity index (χ2n) is 4.36.